The topological polar surface area (TPSA) is 56.1 Å². The van der Waals surface area contributed by atoms with Crippen molar-refractivity contribution < 1.29 is 22.7 Å². The quantitative estimate of drug-likeness (QED) is 0.885. The summed E-state index contributed by atoms with van der Waals surface area (Å²) in [5.41, 5.74) is -0.152. The highest BCUT2D eigenvalue weighted by Crippen LogP contribution is 2.27. The van der Waals surface area contributed by atoms with Gasteiger partial charge in [0, 0.05) is 12.7 Å². The van der Waals surface area contributed by atoms with Gasteiger partial charge in [-0.2, -0.15) is 18.3 Å². The van der Waals surface area contributed by atoms with Gasteiger partial charge >= 0.3 is 6.18 Å². The Bertz CT molecular complexity index is 668. The molecule has 124 valence electrons. The lowest BCUT2D eigenvalue weighted by molar-refractivity contribution is -0.141. The molecule has 5 nitrogen and oxygen atoms in total. The molecule has 1 aromatic heterocycles. The third-order valence-corrected chi connectivity index (χ3v) is 3.09. The van der Waals surface area contributed by atoms with Gasteiger partial charge in [0.25, 0.3) is 0 Å². The van der Waals surface area contributed by atoms with E-state index in [2.05, 4.69) is 10.4 Å². The van der Waals surface area contributed by atoms with Gasteiger partial charge in [-0.15, -0.1) is 0 Å². The zero-order valence-electron chi connectivity index (χ0n) is 12.4. The largest absolute Gasteiger partial charge is 0.497 e. The van der Waals surface area contributed by atoms with Crippen molar-refractivity contribution in [2.75, 3.05) is 13.7 Å². The Kier molecular flexibility index (Phi) is 5.25. The molecule has 0 unspecified atom stereocenters. The van der Waals surface area contributed by atoms with E-state index < -0.39 is 11.9 Å². The maximum absolute atomic E-state index is 12.4. The monoisotopic (exact) mass is 327 g/mol. The van der Waals surface area contributed by atoms with E-state index in [4.69, 9.17) is 4.74 Å². The molecular weight excluding hydrogens is 311 g/mol. The molecule has 23 heavy (non-hydrogen) atoms. The second-order valence-electron chi connectivity index (χ2n) is 4.84. The fourth-order valence-corrected chi connectivity index (χ4v) is 1.98. The third-order valence-electron chi connectivity index (χ3n) is 3.09. The van der Waals surface area contributed by atoms with Crippen LogP contribution in [0.3, 0.4) is 0 Å². The number of alkyl halides is 3. The number of aromatic nitrogens is 2. The minimum Gasteiger partial charge on any atom is -0.497 e. The van der Waals surface area contributed by atoms with Crippen LogP contribution in [0.15, 0.2) is 36.5 Å². The van der Waals surface area contributed by atoms with E-state index in [-0.39, 0.29) is 25.4 Å². The smallest absolute Gasteiger partial charge is 0.435 e. The zero-order chi connectivity index (χ0) is 16.9. The first-order valence-corrected chi connectivity index (χ1v) is 6.89. The highest BCUT2D eigenvalue weighted by atomic mass is 19.4. The summed E-state index contributed by atoms with van der Waals surface area (Å²) in [7, 11) is 1.54. The average Bonchev–Trinajstić information content (AvgIpc) is 2.96. The van der Waals surface area contributed by atoms with Gasteiger partial charge in [-0.25, -0.2) is 0 Å². The van der Waals surface area contributed by atoms with Gasteiger partial charge in [0.2, 0.25) is 5.91 Å². The highest BCUT2D eigenvalue weighted by Gasteiger charge is 2.33. The van der Waals surface area contributed by atoms with Gasteiger partial charge < -0.3 is 10.1 Å². The fourth-order valence-electron chi connectivity index (χ4n) is 1.98. The van der Waals surface area contributed by atoms with Crippen molar-refractivity contribution in [3.05, 3.63) is 47.8 Å². The second-order valence-corrected chi connectivity index (χ2v) is 4.84. The first-order chi connectivity index (χ1) is 10.9. The van der Waals surface area contributed by atoms with Gasteiger partial charge in [0.15, 0.2) is 5.69 Å². The number of halogens is 3. The summed E-state index contributed by atoms with van der Waals surface area (Å²) in [6.07, 6.45) is -3.05. The van der Waals surface area contributed by atoms with E-state index in [0.29, 0.717) is 5.75 Å². The minimum absolute atomic E-state index is 0.167. The van der Waals surface area contributed by atoms with Crippen molar-refractivity contribution >= 4 is 5.91 Å². The van der Waals surface area contributed by atoms with Crippen LogP contribution in [0.5, 0.6) is 5.75 Å². The maximum Gasteiger partial charge on any atom is 0.435 e. The van der Waals surface area contributed by atoms with Gasteiger partial charge in [-0.3, -0.25) is 9.48 Å². The van der Waals surface area contributed by atoms with Gasteiger partial charge in [-0.1, -0.05) is 12.1 Å². The number of ether oxygens (including phenoxy) is 1. The van der Waals surface area contributed by atoms with Crippen LogP contribution < -0.4 is 10.1 Å². The van der Waals surface area contributed by atoms with E-state index in [1.807, 2.05) is 0 Å². The molecule has 0 fully saturated rings. The van der Waals surface area contributed by atoms with Crippen molar-refractivity contribution in [3.8, 4) is 5.75 Å². The third kappa shape index (κ3) is 5.01. The van der Waals surface area contributed by atoms with Crippen LogP contribution in [0.1, 0.15) is 11.3 Å². The number of hydrogen-bond acceptors (Lipinski definition) is 3. The van der Waals surface area contributed by atoms with Gasteiger partial charge in [0.05, 0.1) is 20.1 Å². The lowest BCUT2D eigenvalue weighted by Gasteiger charge is -2.07. The predicted molar refractivity (Wildman–Crippen MR) is 76.9 cm³/mol. The molecule has 0 aliphatic rings. The molecule has 0 aliphatic heterocycles. The van der Waals surface area contributed by atoms with Crippen molar-refractivity contribution in [1.82, 2.24) is 15.1 Å². The molecule has 1 N–H and O–H groups in total. The number of rotatable bonds is 6. The van der Waals surface area contributed by atoms with Gasteiger partial charge in [-0.05, 0) is 23.8 Å². The second kappa shape index (κ2) is 7.17. The fraction of sp³-hybridized carbons (Fsp3) is 0.333. The summed E-state index contributed by atoms with van der Waals surface area (Å²) in [4.78, 5) is 11.8. The van der Waals surface area contributed by atoms with Crippen LogP contribution in [-0.4, -0.2) is 29.3 Å². The number of nitrogens with zero attached hydrogens (tertiary/aromatic N) is 2. The normalized spacial score (nSPS) is 11.3. The maximum atomic E-state index is 12.4. The summed E-state index contributed by atoms with van der Waals surface area (Å²) in [5, 5.41) is 6.05. The number of carbonyl (C=O) groups is 1. The Labute approximate surface area is 131 Å². The Hall–Kier alpha value is -2.51. The molecule has 2 rings (SSSR count). The summed E-state index contributed by atoms with van der Waals surface area (Å²) in [6, 6.07) is 8.01. The van der Waals surface area contributed by atoms with Crippen LogP contribution in [0.25, 0.3) is 0 Å². The standard InChI is InChI=1S/C15H16F3N3O2/c1-23-12-4-2-3-11(9-12)10-14(22)19-6-8-21-7-5-13(20-21)15(16,17)18/h2-5,7,9H,6,8,10H2,1H3,(H,19,22). The molecule has 1 aromatic carbocycles. The molecule has 0 aliphatic carbocycles. The minimum atomic E-state index is -4.46. The van der Waals surface area contributed by atoms with Crippen LogP contribution in [0, 0.1) is 0 Å². The summed E-state index contributed by atoms with van der Waals surface area (Å²) < 4.78 is 43.4. The molecule has 0 radical (unpaired) electrons. The lowest BCUT2D eigenvalue weighted by Crippen LogP contribution is -2.28. The summed E-state index contributed by atoms with van der Waals surface area (Å²) in [5.74, 6) is 0.438. The van der Waals surface area contributed by atoms with E-state index >= 15 is 0 Å². The molecule has 0 atom stereocenters. The van der Waals surface area contributed by atoms with Gasteiger partial charge in [0.1, 0.15) is 5.75 Å². The summed E-state index contributed by atoms with van der Waals surface area (Å²) in [6.45, 7) is 0.363. The number of hydrogen-bond donors (Lipinski definition) is 1. The Morgan fingerprint density at radius 2 is 2.13 bits per heavy atom. The molecule has 1 heterocycles. The number of amides is 1. The molecule has 0 bridgehead atoms. The Morgan fingerprint density at radius 1 is 1.35 bits per heavy atom. The molecule has 0 saturated heterocycles. The average molecular weight is 327 g/mol. The Morgan fingerprint density at radius 3 is 2.78 bits per heavy atom. The molecular formula is C15H16F3N3O2. The summed E-state index contributed by atoms with van der Waals surface area (Å²) >= 11 is 0. The van der Waals surface area contributed by atoms with Crippen molar-refractivity contribution in [1.29, 1.82) is 0 Å². The van der Waals surface area contributed by atoms with Crippen molar-refractivity contribution in [2.45, 2.75) is 19.1 Å². The first kappa shape index (κ1) is 16.9. The molecule has 1 amide bonds. The van der Waals surface area contributed by atoms with Crippen LogP contribution in [0.2, 0.25) is 0 Å². The van der Waals surface area contributed by atoms with Crippen LogP contribution in [0.4, 0.5) is 13.2 Å². The number of carbonyl (C=O) groups excluding carboxylic acids is 1. The van der Waals surface area contributed by atoms with E-state index in [1.165, 1.54) is 6.20 Å². The predicted octanol–water partition coefficient (Wildman–Crippen LogP) is 2.27. The lowest BCUT2D eigenvalue weighted by atomic mass is 10.1. The number of benzene rings is 1. The van der Waals surface area contributed by atoms with Crippen LogP contribution in [-0.2, 0) is 23.9 Å². The molecule has 0 spiro atoms. The SMILES string of the molecule is COc1cccc(CC(=O)NCCn2ccc(C(F)(F)F)n2)c1. The van der Waals surface area contributed by atoms with Crippen molar-refractivity contribution in [2.24, 2.45) is 0 Å². The number of nitrogens with one attached hydrogen (secondary N) is 1. The van der Waals surface area contributed by atoms with Crippen molar-refractivity contribution in [3.63, 3.8) is 0 Å². The first-order valence-electron chi connectivity index (χ1n) is 6.89. The molecule has 0 saturated carbocycles. The zero-order valence-corrected chi connectivity index (χ0v) is 12.4. The van der Waals surface area contributed by atoms with E-state index in [1.54, 1.807) is 31.4 Å². The molecule has 8 heteroatoms. The highest BCUT2D eigenvalue weighted by molar-refractivity contribution is 5.78. The van der Waals surface area contributed by atoms with E-state index in [0.717, 1.165) is 16.3 Å². The molecule has 2 aromatic rings. The number of methoxy groups -OCH3 is 1. The van der Waals surface area contributed by atoms with E-state index in [9.17, 15) is 18.0 Å². The Balaban J connectivity index is 1.79. The van der Waals surface area contributed by atoms with Crippen LogP contribution >= 0.6 is 0 Å².